The molecule has 0 spiro atoms. The highest BCUT2D eigenvalue weighted by molar-refractivity contribution is 5.73. The Morgan fingerprint density at radius 1 is 1.57 bits per heavy atom. The van der Waals surface area contributed by atoms with Crippen LogP contribution in [0, 0.1) is 5.82 Å². The molecule has 1 unspecified atom stereocenters. The number of hydrogen-bond acceptors (Lipinski definition) is 3. The third-order valence-corrected chi connectivity index (χ3v) is 1.63. The van der Waals surface area contributed by atoms with Crippen molar-refractivity contribution in [1.82, 2.24) is 5.43 Å². The molecule has 0 aliphatic rings. The van der Waals surface area contributed by atoms with Gasteiger partial charge in [-0.3, -0.25) is 4.79 Å². The van der Waals surface area contributed by atoms with Crippen LogP contribution >= 0.6 is 0 Å². The first-order chi connectivity index (χ1) is 6.59. The van der Waals surface area contributed by atoms with E-state index in [4.69, 9.17) is 5.11 Å². The van der Waals surface area contributed by atoms with Gasteiger partial charge in [0.15, 0.2) is 0 Å². The molecule has 4 nitrogen and oxygen atoms in total. The number of halogens is 1. The number of hydrazine groups is 1. The molecule has 0 saturated carbocycles. The van der Waals surface area contributed by atoms with Gasteiger partial charge in [-0.05, 0) is 25.1 Å². The Labute approximate surface area is 80.7 Å². The Balaban J connectivity index is 2.49. The topological polar surface area (TPSA) is 61.4 Å². The van der Waals surface area contributed by atoms with Crippen LogP contribution in [-0.4, -0.2) is 17.1 Å². The van der Waals surface area contributed by atoms with Crippen molar-refractivity contribution >= 4 is 11.7 Å². The quantitative estimate of drug-likeness (QED) is 0.636. The summed E-state index contributed by atoms with van der Waals surface area (Å²) in [5, 5.41) is 8.54. The van der Waals surface area contributed by atoms with E-state index >= 15 is 0 Å². The minimum Gasteiger partial charge on any atom is -0.480 e. The number of anilines is 1. The number of rotatable bonds is 4. The van der Waals surface area contributed by atoms with Gasteiger partial charge in [0.2, 0.25) is 0 Å². The van der Waals surface area contributed by atoms with Crippen LogP contribution in [-0.2, 0) is 4.79 Å². The minimum absolute atomic E-state index is 0.375. The molecule has 0 radical (unpaired) electrons. The van der Waals surface area contributed by atoms with Crippen molar-refractivity contribution in [3.63, 3.8) is 0 Å². The lowest BCUT2D eigenvalue weighted by atomic mass is 10.3. The molecule has 0 amide bonds. The average molecular weight is 198 g/mol. The zero-order valence-corrected chi connectivity index (χ0v) is 7.62. The summed E-state index contributed by atoms with van der Waals surface area (Å²) in [4.78, 5) is 10.4. The highest BCUT2D eigenvalue weighted by Crippen LogP contribution is 2.07. The zero-order valence-electron chi connectivity index (χ0n) is 7.62. The molecule has 0 bridgehead atoms. The van der Waals surface area contributed by atoms with E-state index < -0.39 is 12.0 Å². The van der Waals surface area contributed by atoms with E-state index in [1.165, 1.54) is 25.1 Å². The van der Waals surface area contributed by atoms with Crippen LogP contribution in [0.2, 0.25) is 0 Å². The SMILES string of the molecule is CC(NNc1cccc(F)c1)C(=O)O. The number of nitrogens with one attached hydrogen (secondary N) is 2. The van der Waals surface area contributed by atoms with Crippen molar-refractivity contribution in [2.24, 2.45) is 0 Å². The smallest absolute Gasteiger partial charge is 0.322 e. The average Bonchev–Trinajstić information content (AvgIpc) is 2.14. The lowest BCUT2D eigenvalue weighted by Gasteiger charge is -2.11. The monoisotopic (exact) mass is 198 g/mol. The molecule has 1 rings (SSSR count). The molecule has 3 N–H and O–H groups in total. The van der Waals surface area contributed by atoms with Gasteiger partial charge < -0.3 is 10.5 Å². The van der Waals surface area contributed by atoms with Crippen LogP contribution < -0.4 is 10.9 Å². The second kappa shape index (κ2) is 4.57. The van der Waals surface area contributed by atoms with Crippen LogP contribution in [0.3, 0.4) is 0 Å². The van der Waals surface area contributed by atoms with Crippen molar-refractivity contribution in [1.29, 1.82) is 0 Å². The standard InChI is InChI=1S/C9H11FN2O2/c1-6(9(13)14)11-12-8-4-2-3-7(10)5-8/h2-6,11-12H,1H3,(H,13,14). The van der Waals surface area contributed by atoms with E-state index in [-0.39, 0.29) is 5.82 Å². The number of hydrogen-bond donors (Lipinski definition) is 3. The maximum Gasteiger partial charge on any atom is 0.322 e. The Morgan fingerprint density at radius 2 is 2.29 bits per heavy atom. The van der Waals surface area contributed by atoms with Gasteiger partial charge in [-0.1, -0.05) is 6.07 Å². The van der Waals surface area contributed by atoms with Gasteiger partial charge in [0, 0.05) is 0 Å². The first kappa shape index (κ1) is 10.5. The van der Waals surface area contributed by atoms with Crippen molar-refractivity contribution in [2.75, 3.05) is 5.43 Å². The molecule has 0 fully saturated rings. The fourth-order valence-corrected chi connectivity index (χ4v) is 0.820. The lowest BCUT2D eigenvalue weighted by Crippen LogP contribution is -2.37. The number of aliphatic carboxylic acids is 1. The number of benzene rings is 1. The molecule has 0 aliphatic carbocycles. The Bertz CT molecular complexity index is 330. The molecular formula is C9H11FN2O2. The molecular weight excluding hydrogens is 187 g/mol. The zero-order chi connectivity index (χ0) is 10.6. The summed E-state index contributed by atoms with van der Waals surface area (Å²) in [6, 6.07) is 5.00. The minimum atomic E-state index is -0.978. The van der Waals surface area contributed by atoms with Crippen LogP contribution in [0.5, 0.6) is 0 Å². The third-order valence-electron chi connectivity index (χ3n) is 1.63. The second-order valence-electron chi connectivity index (χ2n) is 2.84. The van der Waals surface area contributed by atoms with Crippen molar-refractivity contribution in [2.45, 2.75) is 13.0 Å². The van der Waals surface area contributed by atoms with E-state index in [0.717, 1.165) is 0 Å². The van der Waals surface area contributed by atoms with E-state index in [1.54, 1.807) is 6.07 Å². The molecule has 0 heterocycles. The second-order valence-corrected chi connectivity index (χ2v) is 2.84. The Hall–Kier alpha value is -1.62. The first-order valence-corrected chi connectivity index (χ1v) is 4.09. The van der Waals surface area contributed by atoms with Crippen molar-refractivity contribution < 1.29 is 14.3 Å². The summed E-state index contributed by atoms with van der Waals surface area (Å²) >= 11 is 0. The van der Waals surface area contributed by atoms with Gasteiger partial charge in [0.05, 0.1) is 5.69 Å². The molecule has 0 saturated heterocycles. The van der Waals surface area contributed by atoms with Gasteiger partial charge in [-0.25, -0.2) is 9.82 Å². The predicted molar refractivity (Wildman–Crippen MR) is 50.3 cm³/mol. The molecule has 0 aromatic heterocycles. The fraction of sp³-hybridized carbons (Fsp3) is 0.222. The van der Waals surface area contributed by atoms with Gasteiger partial charge in [0.1, 0.15) is 11.9 Å². The van der Waals surface area contributed by atoms with E-state index in [1.807, 2.05) is 0 Å². The van der Waals surface area contributed by atoms with Gasteiger partial charge >= 0.3 is 5.97 Å². The summed E-state index contributed by atoms with van der Waals surface area (Å²) in [5.41, 5.74) is 5.59. The molecule has 5 heteroatoms. The van der Waals surface area contributed by atoms with Crippen LogP contribution in [0.4, 0.5) is 10.1 Å². The van der Waals surface area contributed by atoms with Crippen LogP contribution in [0.15, 0.2) is 24.3 Å². The van der Waals surface area contributed by atoms with Gasteiger partial charge in [0.25, 0.3) is 0 Å². The van der Waals surface area contributed by atoms with Crippen molar-refractivity contribution in [3.8, 4) is 0 Å². The Morgan fingerprint density at radius 3 is 2.86 bits per heavy atom. The molecule has 76 valence electrons. The third kappa shape index (κ3) is 3.02. The number of carboxylic acids is 1. The molecule has 1 aromatic rings. The van der Waals surface area contributed by atoms with Gasteiger partial charge in [-0.15, -0.1) is 0 Å². The first-order valence-electron chi connectivity index (χ1n) is 4.09. The van der Waals surface area contributed by atoms with E-state index in [9.17, 15) is 9.18 Å². The molecule has 1 atom stereocenters. The maximum atomic E-state index is 12.7. The summed E-state index contributed by atoms with van der Waals surface area (Å²) in [5.74, 6) is -1.35. The highest BCUT2D eigenvalue weighted by Gasteiger charge is 2.08. The predicted octanol–water partition coefficient (Wildman–Crippen LogP) is 1.22. The van der Waals surface area contributed by atoms with E-state index in [2.05, 4.69) is 10.9 Å². The molecule has 1 aromatic carbocycles. The Kier molecular flexibility index (Phi) is 3.41. The lowest BCUT2D eigenvalue weighted by molar-refractivity contribution is -0.138. The van der Waals surface area contributed by atoms with Crippen LogP contribution in [0.25, 0.3) is 0 Å². The van der Waals surface area contributed by atoms with Gasteiger partial charge in [-0.2, -0.15) is 0 Å². The van der Waals surface area contributed by atoms with Crippen LogP contribution in [0.1, 0.15) is 6.92 Å². The molecule has 14 heavy (non-hydrogen) atoms. The summed E-state index contributed by atoms with van der Waals surface area (Å²) < 4.78 is 12.7. The summed E-state index contributed by atoms with van der Waals surface area (Å²) in [6.07, 6.45) is 0. The summed E-state index contributed by atoms with van der Waals surface area (Å²) in [7, 11) is 0. The summed E-state index contributed by atoms with van der Waals surface area (Å²) in [6.45, 7) is 1.48. The fourth-order valence-electron chi connectivity index (χ4n) is 0.820. The number of carboxylic acid groups (broad SMARTS) is 1. The van der Waals surface area contributed by atoms with Crippen molar-refractivity contribution in [3.05, 3.63) is 30.1 Å². The maximum absolute atomic E-state index is 12.7. The highest BCUT2D eigenvalue weighted by atomic mass is 19.1. The normalized spacial score (nSPS) is 12.1. The number of carbonyl (C=O) groups is 1. The largest absolute Gasteiger partial charge is 0.480 e. The molecule has 0 aliphatic heterocycles. The van der Waals surface area contributed by atoms with E-state index in [0.29, 0.717) is 5.69 Å².